The van der Waals surface area contributed by atoms with Crippen molar-refractivity contribution in [3.05, 3.63) is 28.7 Å². The largest absolute Gasteiger partial charge is 0.366 e. The van der Waals surface area contributed by atoms with E-state index in [0.29, 0.717) is 6.54 Å². The summed E-state index contributed by atoms with van der Waals surface area (Å²) in [4.78, 5) is 16.0. The lowest BCUT2D eigenvalue weighted by atomic mass is 9.76. The minimum Gasteiger partial charge on any atom is -0.366 e. The van der Waals surface area contributed by atoms with Crippen LogP contribution in [0.3, 0.4) is 0 Å². The molecule has 2 N–H and O–H groups in total. The van der Waals surface area contributed by atoms with Crippen LogP contribution in [0.5, 0.6) is 0 Å². The Morgan fingerprint density at radius 1 is 1.42 bits per heavy atom. The number of rotatable bonds is 5. The second kappa shape index (κ2) is 5.07. The number of aromatic amines is 1. The molecule has 1 heterocycles. The first-order valence-corrected chi connectivity index (χ1v) is 7.70. The van der Waals surface area contributed by atoms with Crippen molar-refractivity contribution < 1.29 is 8.42 Å². The van der Waals surface area contributed by atoms with Gasteiger partial charge < -0.3 is 9.88 Å². The number of nitrogens with one attached hydrogen (secondary N) is 2. The Hall–Kier alpha value is -1.18. The van der Waals surface area contributed by atoms with Gasteiger partial charge in [-0.15, -0.1) is 0 Å². The molecule has 0 amide bonds. The van der Waals surface area contributed by atoms with Crippen LogP contribution >= 0.6 is 0 Å². The van der Waals surface area contributed by atoms with E-state index in [4.69, 9.17) is 0 Å². The fourth-order valence-corrected chi connectivity index (χ4v) is 3.46. The molecule has 106 valence electrons. The highest BCUT2D eigenvalue weighted by Gasteiger charge is 2.40. The molecule has 1 aliphatic carbocycles. The lowest BCUT2D eigenvalue weighted by Gasteiger charge is -2.47. The van der Waals surface area contributed by atoms with Gasteiger partial charge in [0.25, 0.3) is 0 Å². The van der Waals surface area contributed by atoms with Crippen molar-refractivity contribution in [2.75, 3.05) is 20.6 Å². The van der Waals surface area contributed by atoms with E-state index in [-0.39, 0.29) is 10.4 Å². The number of hydrogen-bond donors (Lipinski definition) is 2. The average molecular weight is 285 g/mol. The van der Waals surface area contributed by atoms with Crippen LogP contribution in [0.2, 0.25) is 0 Å². The summed E-state index contributed by atoms with van der Waals surface area (Å²) in [6.07, 6.45) is 5.66. The number of pyridine rings is 1. The molecule has 6 nitrogen and oxygen atoms in total. The summed E-state index contributed by atoms with van der Waals surface area (Å²) in [5.74, 6) is 0. The third-order valence-electron chi connectivity index (χ3n) is 3.90. The smallest absolute Gasteiger partial charge is 0.245 e. The van der Waals surface area contributed by atoms with Crippen molar-refractivity contribution in [3.8, 4) is 0 Å². The maximum Gasteiger partial charge on any atom is 0.245 e. The quantitative estimate of drug-likeness (QED) is 0.806. The number of sulfonamides is 1. The van der Waals surface area contributed by atoms with Gasteiger partial charge in [0.2, 0.25) is 15.5 Å². The number of nitrogens with zero attached hydrogens (tertiary/aromatic N) is 1. The Morgan fingerprint density at radius 3 is 2.58 bits per heavy atom. The molecule has 0 radical (unpaired) electrons. The molecule has 1 saturated carbocycles. The first-order chi connectivity index (χ1) is 8.87. The highest BCUT2D eigenvalue weighted by Crippen LogP contribution is 2.35. The van der Waals surface area contributed by atoms with Gasteiger partial charge in [-0.2, -0.15) is 0 Å². The molecule has 0 aromatic carbocycles. The summed E-state index contributed by atoms with van der Waals surface area (Å²) in [6.45, 7) is 0.330. The van der Waals surface area contributed by atoms with Gasteiger partial charge in [0.15, 0.2) is 0 Å². The van der Waals surface area contributed by atoms with Gasteiger partial charge in [0.1, 0.15) is 4.90 Å². The first kappa shape index (κ1) is 14.2. The molecular weight excluding hydrogens is 266 g/mol. The Bertz CT molecular complexity index is 603. The van der Waals surface area contributed by atoms with Crippen molar-refractivity contribution in [2.45, 2.75) is 29.7 Å². The molecule has 1 aromatic rings. The van der Waals surface area contributed by atoms with Crippen molar-refractivity contribution in [2.24, 2.45) is 0 Å². The van der Waals surface area contributed by atoms with E-state index in [1.165, 1.54) is 18.5 Å². The summed E-state index contributed by atoms with van der Waals surface area (Å²) in [7, 11) is 0.140. The zero-order valence-electron chi connectivity index (χ0n) is 11.1. The van der Waals surface area contributed by atoms with Crippen LogP contribution in [0.25, 0.3) is 0 Å². The van der Waals surface area contributed by atoms with Crippen LogP contribution < -0.4 is 10.2 Å². The van der Waals surface area contributed by atoms with Gasteiger partial charge in [-0.1, -0.05) is 0 Å². The van der Waals surface area contributed by atoms with Crippen LogP contribution in [0.1, 0.15) is 19.3 Å². The Balaban J connectivity index is 2.15. The topological polar surface area (TPSA) is 82.3 Å². The third-order valence-corrected chi connectivity index (χ3v) is 5.32. The molecule has 1 fully saturated rings. The van der Waals surface area contributed by atoms with Crippen LogP contribution in [0.4, 0.5) is 0 Å². The van der Waals surface area contributed by atoms with E-state index in [9.17, 15) is 13.2 Å². The van der Waals surface area contributed by atoms with Crippen LogP contribution in [0, 0.1) is 0 Å². The number of aromatic nitrogens is 1. The predicted molar refractivity (Wildman–Crippen MR) is 72.5 cm³/mol. The van der Waals surface area contributed by atoms with Gasteiger partial charge in [-0.3, -0.25) is 4.79 Å². The van der Waals surface area contributed by atoms with Gasteiger partial charge >= 0.3 is 0 Å². The number of hydrogen-bond acceptors (Lipinski definition) is 4. The average Bonchev–Trinajstić information content (AvgIpc) is 2.27. The predicted octanol–water partition coefficient (Wildman–Crippen LogP) is 0.137. The molecule has 0 saturated heterocycles. The number of H-pyrrole nitrogens is 1. The first-order valence-electron chi connectivity index (χ1n) is 6.22. The molecule has 0 bridgehead atoms. The van der Waals surface area contributed by atoms with E-state index in [2.05, 4.69) is 9.71 Å². The van der Waals surface area contributed by atoms with Crippen molar-refractivity contribution in [3.63, 3.8) is 0 Å². The third kappa shape index (κ3) is 2.72. The van der Waals surface area contributed by atoms with E-state index < -0.39 is 15.5 Å². The summed E-state index contributed by atoms with van der Waals surface area (Å²) in [5.41, 5.74) is -0.618. The maximum atomic E-state index is 12.1. The van der Waals surface area contributed by atoms with Crippen molar-refractivity contribution >= 4 is 10.0 Å². The second-order valence-corrected chi connectivity index (χ2v) is 6.91. The minimum absolute atomic E-state index is 0.116. The van der Waals surface area contributed by atoms with Crippen molar-refractivity contribution in [1.82, 2.24) is 14.6 Å². The van der Waals surface area contributed by atoms with E-state index in [1.807, 2.05) is 19.0 Å². The fraction of sp³-hybridized carbons (Fsp3) is 0.583. The minimum atomic E-state index is -3.75. The zero-order chi connectivity index (χ0) is 14.1. The van der Waals surface area contributed by atoms with E-state index >= 15 is 0 Å². The maximum absolute atomic E-state index is 12.1. The van der Waals surface area contributed by atoms with Crippen LogP contribution in [-0.4, -0.2) is 44.5 Å². The number of likely N-dealkylation sites (N-methyl/N-ethyl adjacent to an activating group) is 1. The molecule has 0 aliphatic heterocycles. The molecule has 1 aliphatic rings. The molecule has 7 heteroatoms. The van der Waals surface area contributed by atoms with Gasteiger partial charge in [0, 0.05) is 30.5 Å². The second-order valence-electron chi connectivity index (χ2n) is 5.17. The zero-order valence-corrected chi connectivity index (χ0v) is 12.0. The van der Waals surface area contributed by atoms with Crippen LogP contribution in [0.15, 0.2) is 28.2 Å². The molecule has 1 aromatic heterocycles. The Kier molecular flexibility index (Phi) is 3.80. The van der Waals surface area contributed by atoms with Gasteiger partial charge in [-0.25, -0.2) is 13.1 Å². The Morgan fingerprint density at radius 2 is 2.11 bits per heavy atom. The van der Waals surface area contributed by atoms with E-state index in [1.54, 1.807) is 0 Å². The van der Waals surface area contributed by atoms with Gasteiger partial charge in [-0.05, 0) is 33.4 Å². The standard InChI is InChI=1S/C12H19N3O3S/c1-15(2)12(5-3-6-12)9-14-19(17,18)11-8-13-7-4-10(11)16/h4,7-8,14H,3,5-6,9H2,1-2H3,(H,13,16). The van der Waals surface area contributed by atoms with Gasteiger partial charge in [0.05, 0.1) is 0 Å². The summed E-state index contributed by atoms with van der Waals surface area (Å²) >= 11 is 0. The lowest BCUT2D eigenvalue weighted by molar-refractivity contribution is 0.0656. The highest BCUT2D eigenvalue weighted by atomic mass is 32.2. The molecular formula is C12H19N3O3S. The fourth-order valence-electron chi connectivity index (χ4n) is 2.28. The van der Waals surface area contributed by atoms with E-state index in [0.717, 1.165) is 19.3 Å². The molecule has 2 rings (SSSR count). The lowest BCUT2D eigenvalue weighted by Crippen LogP contribution is -2.57. The summed E-state index contributed by atoms with van der Waals surface area (Å²) < 4.78 is 26.8. The highest BCUT2D eigenvalue weighted by molar-refractivity contribution is 7.89. The molecule has 0 atom stereocenters. The SMILES string of the molecule is CN(C)C1(CNS(=O)(=O)c2c[nH]ccc2=O)CCC1. The summed E-state index contributed by atoms with van der Waals surface area (Å²) in [5, 5.41) is 0. The molecule has 0 unspecified atom stereocenters. The monoisotopic (exact) mass is 285 g/mol. The van der Waals surface area contributed by atoms with Crippen LogP contribution in [-0.2, 0) is 10.0 Å². The Labute approximate surface area is 112 Å². The molecule has 19 heavy (non-hydrogen) atoms. The normalized spacial score (nSPS) is 18.3. The van der Waals surface area contributed by atoms with Crippen molar-refractivity contribution in [1.29, 1.82) is 0 Å². The molecule has 0 spiro atoms. The summed E-state index contributed by atoms with van der Waals surface area (Å²) in [6, 6.07) is 1.21.